The van der Waals surface area contributed by atoms with Gasteiger partial charge >= 0.3 is 0 Å². The quantitative estimate of drug-likeness (QED) is 0.650. The van der Waals surface area contributed by atoms with Gasteiger partial charge < -0.3 is 15.0 Å². The second-order valence-corrected chi connectivity index (χ2v) is 8.17. The first-order valence-electron chi connectivity index (χ1n) is 10.5. The summed E-state index contributed by atoms with van der Waals surface area (Å²) in [6, 6.07) is 16.5. The predicted molar refractivity (Wildman–Crippen MR) is 119 cm³/mol. The largest absolute Gasteiger partial charge is 0.484 e. The van der Waals surface area contributed by atoms with Gasteiger partial charge in [-0.3, -0.25) is 9.59 Å². The Kier molecular flexibility index (Phi) is 8.14. The van der Waals surface area contributed by atoms with Crippen LogP contribution in [0.25, 0.3) is 0 Å². The Morgan fingerprint density at radius 3 is 2.57 bits per heavy atom. The standard InChI is InChI=1S/C24H29ClN2O3/c1-18(24(29)26-21-11-5-6-12-21)27(15-14-19-8-3-2-4-9-19)23(28)17-30-22-13-7-10-20(25)16-22/h2-4,7-10,13,16,18,21H,5-6,11-12,14-15,17H2,1H3,(H,26,29)/t18-/m0/s1. The second kappa shape index (κ2) is 11.0. The minimum Gasteiger partial charge on any atom is -0.484 e. The highest BCUT2D eigenvalue weighted by atomic mass is 35.5. The molecule has 1 saturated carbocycles. The Hall–Kier alpha value is -2.53. The van der Waals surface area contributed by atoms with Crippen LogP contribution in [0.1, 0.15) is 38.2 Å². The first kappa shape index (κ1) is 22.2. The average Bonchev–Trinajstić information content (AvgIpc) is 3.26. The number of hydrogen-bond acceptors (Lipinski definition) is 3. The van der Waals surface area contributed by atoms with Crippen LogP contribution in [0.5, 0.6) is 5.75 Å². The van der Waals surface area contributed by atoms with Crippen molar-refractivity contribution in [3.63, 3.8) is 0 Å². The highest BCUT2D eigenvalue weighted by Crippen LogP contribution is 2.19. The number of amides is 2. The van der Waals surface area contributed by atoms with Crippen LogP contribution in [0.4, 0.5) is 0 Å². The highest BCUT2D eigenvalue weighted by Gasteiger charge is 2.28. The maximum atomic E-state index is 13.0. The summed E-state index contributed by atoms with van der Waals surface area (Å²) in [4.78, 5) is 27.4. The van der Waals surface area contributed by atoms with Crippen LogP contribution in [0, 0.1) is 0 Å². The van der Waals surface area contributed by atoms with Crippen LogP contribution in [0.2, 0.25) is 5.02 Å². The van der Waals surface area contributed by atoms with Crippen molar-refractivity contribution < 1.29 is 14.3 Å². The molecule has 1 aliphatic rings. The number of halogens is 1. The molecule has 5 nitrogen and oxygen atoms in total. The third kappa shape index (κ3) is 6.49. The summed E-state index contributed by atoms with van der Waals surface area (Å²) in [5.41, 5.74) is 1.12. The van der Waals surface area contributed by atoms with E-state index in [1.54, 1.807) is 36.1 Å². The molecule has 0 saturated heterocycles. The smallest absolute Gasteiger partial charge is 0.261 e. The number of hydrogen-bond donors (Lipinski definition) is 1. The highest BCUT2D eigenvalue weighted by molar-refractivity contribution is 6.30. The summed E-state index contributed by atoms with van der Waals surface area (Å²) < 4.78 is 5.64. The van der Waals surface area contributed by atoms with Crippen molar-refractivity contribution in [3.05, 3.63) is 65.2 Å². The Morgan fingerprint density at radius 1 is 1.13 bits per heavy atom. The van der Waals surface area contributed by atoms with Gasteiger partial charge in [-0.15, -0.1) is 0 Å². The Morgan fingerprint density at radius 2 is 1.87 bits per heavy atom. The first-order valence-corrected chi connectivity index (χ1v) is 10.9. The van der Waals surface area contributed by atoms with Crippen molar-refractivity contribution in [3.8, 4) is 5.75 Å². The summed E-state index contributed by atoms with van der Waals surface area (Å²) in [5, 5.41) is 3.65. The molecule has 0 aliphatic heterocycles. The third-order valence-corrected chi connectivity index (χ3v) is 5.75. The van der Waals surface area contributed by atoms with E-state index in [9.17, 15) is 9.59 Å². The molecule has 160 valence electrons. The van der Waals surface area contributed by atoms with Crippen LogP contribution in [-0.2, 0) is 16.0 Å². The van der Waals surface area contributed by atoms with Crippen LogP contribution in [0.15, 0.2) is 54.6 Å². The fourth-order valence-electron chi connectivity index (χ4n) is 3.75. The molecule has 1 atom stereocenters. The predicted octanol–water partition coefficient (Wildman–Crippen LogP) is 4.24. The molecule has 0 bridgehead atoms. The van der Waals surface area contributed by atoms with E-state index in [4.69, 9.17) is 16.3 Å². The van der Waals surface area contributed by atoms with Crippen LogP contribution < -0.4 is 10.1 Å². The summed E-state index contributed by atoms with van der Waals surface area (Å²) in [7, 11) is 0. The second-order valence-electron chi connectivity index (χ2n) is 7.73. The molecule has 1 aliphatic carbocycles. The van der Waals surface area contributed by atoms with E-state index in [1.165, 1.54) is 0 Å². The van der Waals surface area contributed by atoms with Gasteiger partial charge in [0.15, 0.2) is 6.61 Å². The Balaban J connectivity index is 1.65. The van der Waals surface area contributed by atoms with E-state index in [1.807, 2.05) is 30.3 Å². The Labute approximate surface area is 183 Å². The molecule has 1 fully saturated rings. The minimum atomic E-state index is -0.565. The van der Waals surface area contributed by atoms with E-state index in [0.717, 1.165) is 31.2 Å². The Bertz CT molecular complexity index is 837. The molecule has 2 aromatic rings. The molecule has 0 spiro atoms. The average molecular weight is 429 g/mol. The molecular weight excluding hydrogens is 400 g/mol. The summed E-state index contributed by atoms with van der Waals surface area (Å²) >= 11 is 5.98. The van der Waals surface area contributed by atoms with E-state index < -0.39 is 6.04 Å². The van der Waals surface area contributed by atoms with Crippen LogP contribution in [-0.4, -0.2) is 41.9 Å². The lowest BCUT2D eigenvalue weighted by atomic mass is 10.1. The maximum absolute atomic E-state index is 13.0. The molecule has 0 unspecified atom stereocenters. The van der Waals surface area contributed by atoms with Crippen molar-refractivity contribution in [1.82, 2.24) is 10.2 Å². The molecule has 0 radical (unpaired) electrons. The van der Waals surface area contributed by atoms with Gasteiger partial charge in [0.2, 0.25) is 5.91 Å². The van der Waals surface area contributed by atoms with Crippen molar-refractivity contribution >= 4 is 23.4 Å². The lowest BCUT2D eigenvalue weighted by Gasteiger charge is -2.29. The van der Waals surface area contributed by atoms with Gasteiger partial charge in [0.05, 0.1) is 0 Å². The summed E-state index contributed by atoms with van der Waals surface area (Å²) in [6.45, 7) is 2.09. The number of rotatable bonds is 9. The number of nitrogens with zero attached hydrogens (tertiary/aromatic N) is 1. The van der Waals surface area contributed by atoms with Crippen molar-refractivity contribution in [2.45, 2.75) is 51.1 Å². The first-order chi connectivity index (χ1) is 14.5. The lowest BCUT2D eigenvalue weighted by molar-refractivity contribution is -0.141. The van der Waals surface area contributed by atoms with Gasteiger partial charge in [0, 0.05) is 17.6 Å². The monoisotopic (exact) mass is 428 g/mol. The lowest BCUT2D eigenvalue weighted by Crippen LogP contribution is -2.51. The summed E-state index contributed by atoms with van der Waals surface area (Å²) in [6.07, 6.45) is 4.97. The number of benzene rings is 2. The topological polar surface area (TPSA) is 58.6 Å². The fraction of sp³-hybridized carbons (Fsp3) is 0.417. The zero-order valence-electron chi connectivity index (χ0n) is 17.4. The molecule has 0 heterocycles. The normalized spacial score (nSPS) is 14.9. The van der Waals surface area contributed by atoms with Crippen molar-refractivity contribution in [1.29, 1.82) is 0 Å². The number of carbonyl (C=O) groups excluding carboxylic acids is 2. The van der Waals surface area contributed by atoms with Crippen molar-refractivity contribution in [2.75, 3.05) is 13.2 Å². The molecular formula is C24H29ClN2O3. The van der Waals surface area contributed by atoms with Crippen LogP contribution in [0.3, 0.4) is 0 Å². The minimum absolute atomic E-state index is 0.105. The molecule has 1 N–H and O–H groups in total. The van der Waals surface area contributed by atoms with Crippen molar-refractivity contribution in [2.24, 2.45) is 0 Å². The molecule has 3 rings (SSSR count). The third-order valence-electron chi connectivity index (χ3n) is 5.51. The summed E-state index contributed by atoms with van der Waals surface area (Å²) in [5.74, 6) is 0.202. The van der Waals surface area contributed by atoms with E-state index in [-0.39, 0.29) is 24.5 Å². The van der Waals surface area contributed by atoms with Gasteiger partial charge in [-0.25, -0.2) is 0 Å². The van der Waals surface area contributed by atoms with E-state index in [0.29, 0.717) is 23.7 Å². The molecule has 30 heavy (non-hydrogen) atoms. The van der Waals surface area contributed by atoms with Gasteiger partial charge in [-0.2, -0.15) is 0 Å². The zero-order valence-corrected chi connectivity index (χ0v) is 18.1. The number of ether oxygens (including phenoxy) is 1. The molecule has 2 amide bonds. The van der Waals surface area contributed by atoms with Gasteiger partial charge in [-0.1, -0.05) is 60.8 Å². The van der Waals surface area contributed by atoms with Gasteiger partial charge in [0.25, 0.3) is 5.91 Å². The fourth-order valence-corrected chi connectivity index (χ4v) is 3.93. The zero-order chi connectivity index (χ0) is 21.3. The number of carbonyl (C=O) groups is 2. The van der Waals surface area contributed by atoms with E-state index >= 15 is 0 Å². The molecule has 6 heteroatoms. The number of nitrogens with one attached hydrogen (secondary N) is 1. The van der Waals surface area contributed by atoms with Gasteiger partial charge in [0.1, 0.15) is 11.8 Å². The SMILES string of the molecule is C[C@@H](C(=O)NC1CCCC1)N(CCc1ccccc1)C(=O)COc1cccc(Cl)c1. The maximum Gasteiger partial charge on any atom is 0.261 e. The van der Waals surface area contributed by atoms with Crippen LogP contribution >= 0.6 is 11.6 Å². The molecule has 0 aromatic heterocycles. The molecule has 2 aromatic carbocycles. The van der Waals surface area contributed by atoms with Gasteiger partial charge in [-0.05, 0) is 49.9 Å². The van der Waals surface area contributed by atoms with E-state index in [2.05, 4.69) is 5.32 Å².